The Hall–Kier alpha value is -0.650. The first kappa shape index (κ1) is 16.7. The Labute approximate surface area is 131 Å². The summed E-state index contributed by atoms with van der Waals surface area (Å²) in [7, 11) is 0. The molecule has 2 rings (SSSR count). The highest BCUT2D eigenvalue weighted by Gasteiger charge is 2.18. The summed E-state index contributed by atoms with van der Waals surface area (Å²) in [5, 5.41) is 12.8. The number of ether oxygens (including phenoxy) is 2. The third-order valence-electron chi connectivity index (χ3n) is 3.77. The van der Waals surface area contributed by atoms with E-state index in [1.807, 2.05) is 31.2 Å². The molecule has 1 heterocycles. The number of benzene rings is 1. The van der Waals surface area contributed by atoms with Crippen molar-refractivity contribution in [2.75, 3.05) is 26.3 Å². The molecule has 0 saturated carbocycles. The minimum atomic E-state index is -0.457. The van der Waals surface area contributed by atoms with Gasteiger partial charge in [0, 0.05) is 11.6 Å². The van der Waals surface area contributed by atoms with Gasteiger partial charge < -0.3 is 19.9 Å². The van der Waals surface area contributed by atoms with E-state index in [9.17, 15) is 5.11 Å². The van der Waals surface area contributed by atoms with Crippen molar-refractivity contribution in [1.29, 1.82) is 0 Å². The van der Waals surface area contributed by atoms with Gasteiger partial charge in [-0.2, -0.15) is 0 Å². The minimum Gasteiger partial charge on any atom is -0.385 e. The van der Waals surface area contributed by atoms with Crippen LogP contribution in [0.3, 0.4) is 0 Å². The van der Waals surface area contributed by atoms with E-state index in [0.717, 1.165) is 36.6 Å². The molecule has 5 heteroatoms. The first-order chi connectivity index (χ1) is 10.1. The molecule has 3 atom stereocenters. The molecular formula is C16H25ClNO3+. The lowest BCUT2D eigenvalue weighted by Crippen LogP contribution is -2.88. The van der Waals surface area contributed by atoms with E-state index in [1.165, 1.54) is 0 Å². The van der Waals surface area contributed by atoms with Gasteiger partial charge >= 0.3 is 0 Å². The largest absolute Gasteiger partial charge is 0.385 e. The minimum absolute atomic E-state index is 0.0462. The summed E-state index contributed by atoms with van der Waals surface area (Å²) in [4.78, 5) is 0. The molecule has 1 aliphatic rings. The fraction of sp³-hybridized carbons (Fsp3) is 0.625. The summed E-state index contributed by atoms with van der Waals surface area (Å²) in [5.74, 6) is 0. The van der Waals surface area contributed by atoms with Gasteiger partial charge in [-0.25, -0.2) is 0 Å². The zero-order valence-electron chi connectivity index (χ0n) is 12.5. The maximum Gasteiger partial charge on any atom is 0.126 e. The normalized spacial score (nSPS) is 21.4. The fourth-order valence-corrected chi connectivity index (χ4v) is 2.58. The highest BCUT2D eigenvalue weighted by Crippen LogP contribution is 2.19. The fourth-order valence-electron chi connectivity index (χ4n) is 2.46. The molecule has 1 aromatic rings. The van der Waals surface area contributed by atoms with E-state index in [-0.39, 0.29) is 6.10 Å². The molecule has 3 N–H and O–H groups in total. The van der Waals surface area contributed by atoms with Crippen molar-refractivity contribution in [2.24, 2.45) is 0 Å². The number of halogens is 1. The van der Waals surface area contributed by atoms with Gasteiger partial charge in [0.1, 0.15) is 25.3 Å². The first-order valence-corrected chi connectivity index (χ1v) is 8.01. The molecule has 0 amide bonds. The SMILES string of the molecule is C[C@@H](OC[C@@H](O)C[NH2+]C[C@@H]1CCCO1)c1ccc(Cl)cc1. The molecule has 0 radical (unpaired) electrons. The summed E-state index contributed by atoms with van der Waals surface area (Å²) in [6.07, 6.45) is 2.14. The third kappa shape index (κ3) is 5.93. The lowest BCUT2D eigenvalue weighted by atomic mass is 10.1. The van der Waals surface area contributed by atoms with Crippen LogP contribution in [0.5, 0.6) is 0 Å². The van der Waals surface area contributed by atoms with Crippen LogP contribution in [-0.4, -0.2) is 43.6 Å². The van der Waals surface area contributed by atoms with E-state index in [1.54, 1.807) is 0 Å². The molecule has 0 unspecified atom stereocenters. The molecule has 0 spiro atoms. The van der Waals surface area contributed by atoms with Gasteiger partial charge in [-0.15, -0.1) is 0 Å². The number of aliphatic hydroxyl groups excluding tert-OH is 1. The Morgan fingerprint density at radius 3 is 2.86 bits per heavy atom. The van der Waals surface area contributed by atoms with Crippen molar-refractivity contribution in [3.63, 3.8) is 0 Å². The number of nitrogens with two attached hydrogens (primary N) is 1. The molecule has 1 aliphatic heterocycles. The quantitative estimate of drug-likeness (QED) is 0.765. The second kappa shape index (κ2) is 8.71. The molecule has 21 heavy (non-hydrogen) atoms. The van der Waals surface area contributed by atoms with Crippen molar-refractivity contribution in [2.45, 2.75) is 38.1 Å². The highest BCUT2D eigenvalue weighted by molar-refractivity contribution is 6.30. The molecule has 1 saturated heterocycles. The van der Waals surface area contributed by atoms with E-state index >= 15 is 0 Å². The Kier molecular flexibility index (Phi) is 6.93. The zero-order chi connectivity index (χ0) is 15.1. The summed E-state index contributed by atoms with van der Waals surface area (Å²) < 4.78 is 11.3. The van der Waals surface area contributed by atoms with Crippen molar-refractivity contribution in [3.05, 3.63) is 34.9 Å². The Balaban J connectivity index is 1.61. The highest BCUT2D eigenvalue weighted by atomic mass is 35.5. The first-order valence-electron chi connectivity index (χ1n) is 7.63. The Morgan fingerprint density at radius 1 is 1.43 bits per heavy atom. The molecule has 118 valence electrons. The van der Waals surface area contributed by atoms with Gasteiger partial charge in [-0.1, -0.05) is 23.7 Å². The van der Waals surface area contributed by atoms with Crippen molar-refractivity contribution in [1.82, 2.24) is 0 Å². The lowest BCUT2D eigenvalue weighted by molar-refractivity contribution is -0.667. The van der Waals surface area contributed by atoms with E-state index < -0.39 is 6.10 Å². The van der Waals surface area contributed by atoms with Gasteiger partial charge in [-0.3, -0.25) is 0 Å². The van der Waals surface area contributed by atoms with Crippen LogP contribution < -0.4 is 5.32 Å². The standard InChI is InChI=1S/C16H24ClNO3/c1-12(13-4-6-14(17)7-5-13)21-11-15(19)9-18-10-16-3-2-8-20-16/h4-7,12,15-16,18-19H,2-3,8-11H2,1H3/p+1/t12-,15+,16+/m1/s1. The average Bonchev–Trinajstić information content (AvgIpc) is 2.99. The molecule has 0 aliphatic carbocycles. The number of hydrogen-bond donors (Lipinski definition) is 2. The second-order valence-corrected chi connectivity index (χ2v) is 6.01. The van der Waals surface area contributed by atoms with Crippen LogP contribution in [0, 0.1) is 0 Å². The zero-order valence-corrected chi connectivity index (χ0v) is 13.3. The summed E-state index contributed by atoms with van der Waals surface area (Å²) >= 11 is 5.86. The number of rotatable bonds is 8. The third-order valence-corrected chi connectivity index (χ3v) is 4.02. The molecule has 4 nitrogen and oxygen atoms in total. The average molecular weight is 315 g/mol. The van der Waals surface area contributed by atoms with E-state index in [4.69, 9.17) is 21.1 Å². The van der Waals surface area contributed by atoms with Gasteiger partial charge in [0.05, 0.1) is 12.7 Å². The smallest absolute Gasteiger partial charge is 0.126 e. The van der Waals surface area contributed by atoms with E-state index in [2.05, 4.69) is 5.32 Å². The number of aliphatic hydroxyl groups is 1. The number of quaternary nitrogens is 1. The predicted octanol–water partition coefficient (Wildman–Crippen LogP) is 1.52. The molecule has 0 bridgehead atoms. The Bertz CT molecular complexity index is 406. The van der Waals surface area contributed by atoms with Crippen molar-refractivity contribution in [3.8, 4) is 0 Å². The van der Waals surface area contributed by atoms with Crippen LogP contribution in [0.4, 0.5) is 0 Å². The van der Waals surface area contributed by atoms with Crippen LogP contribution in [0.2, 0.25) is 5.02 Å². The van der Waals surface area contributed by atoms with Crippen LogP contribution in [0.25, 0.3) is 0 Å². The van der Waals surface area contributed by atoms with Crippen molar-refractivity contribution < 1.29 is 19.9 Å². The second-order valence-electron chi connectivity index (χ2n) is 5.58. The monoisotopic (exact) mass is 314 g/mol. The molecule has 1 fully saturated rings. The summed E-state index contributed by atoms with van der Waals surface area (Å²) in [5.41, 5.74) is 1.06. The van der Waals surface area contributed by atoms with Crippen molar-refractivity contribution >= 4 is 11.6 Å². The van der Waals surface area contributed by atoms with Crippen LogP contribution >= 0.6 is 11.6 Å². The topological polar surface area (TPSA) is 55.3 Å². The maximum absolute atomic E-state index is 9.94. The molecule has 0 aromatic heterocycles. The van der Waals surface area contributed by atoms with Crippen LogP contribution in [0.1, 0.15) is 31.4 Å². The summed E-state index contributed by atoms with van der Waals surface area (Å²) in [6.45, 7) is 4.76. The predicted molar refractivity (Wildman–Crippen MR) is 82.5 cm³/mol. The van der Waals surface area contributed by atoms with Gasteiger partial charge in [0.15, 0.2) is 0 Å². The van der Waals surface area contributed by atoms with Gasteiger partial charge in [0.2, 0.25) is 0 Å². The van der Waals surface area contributed by atoms with Crippen LogP contribution in [-0.2, 0) is 9.47 Å². The van der Waals surface area contributed by atoms with Gasteiger partial charge in [0.25, 0.3) is 0 Å². The molecule has 1 aromatic carbocycles. The van der Waals surface area contributed by atoms with Gasteiger partial charge in [-0.05, 0) is 37.5 Å². The maximum atomic E-state index is 9.94. The summed E-state index contributed by atoms with van der Waals surface area (Å²) in [6, 6.07) is 7.59. The van der Waals surface area contributed by atoms with E-state index in [0.29, 0.717) is 19.3 Å². The molecular weight excluding hydrogens is 290 g/mol. The van der Waals surface area contributed by atoms with Crippen LogP contribution in [0.15, 0.2) is 24.3 Å². The Morgan fingerprint density at radius 2 is 2.19 bits per heavy atom. The lowest BCUT2D eigenvalue weighted by Gasteiger charge is -2.17. The number of hydrogen-bond acceptors (Lipinski definition) is 3.